The van der Waals surface area contributed by atoms with Gasteiger partial charge < -0.3 is 10.6 Å². The van der Waals surface area contributed by atoms with E-state index in [2.05, 4.69) is 20.6 Å². The summed E-state index contributed by atoms with van der Waals surface area (Å²) in [4.78, 5) is 19.9. The average molecular weight is 394 g/mol. The van der Waals surface area contributed by atoms with E-state index >= 15 is 0 Å². The predicted octanol–water partition coefficient (Wildman–Crippen LogP) is 4.77. The first-order valence-electron chi connectivity index (χ1n) is 7.75. The number of aromatic nitrogens is 2. The summed E-state index contributed by atoms with van der Waals surface area (Å²) in [5, 5.41) is 4.97. The standard InChI is InChI=1S/C18H11F5N4O/c19-11-3-6-14(13(20)7-11)27-16-9-24-15(8-25-16)17(28)26-12-4-1-10(2-5-12)18(21,22)23/h1-9H,(H,25,27)(H,26,28). The molecule has 0 bridgehead atoms. The molecular formula is C18H11F5N4O. The molecule has 0 aliphatic carbocycles. The number of nitrogens with zero attached hydrogens (tertiary/aromatic N) is 2. The zero-order valence-electron chi connectivity index (χ0n) is 13.9. The molecule has 5 nitrogen and oxygen atoms in total. The van der Waals surface area contributed by atoms with E-state index in [1.165, 1.54) is 6.07 Å². The van der Waals surface area contributed by atoms with Gasteiger partial charge in [-0.1, -0.05) is 0 Å². The fourth-order valence-electron chi connectivity index (χ4n) is 2.18. The molecule has 0 atom stereocenters. The number of anilines is 3. The van der Waals surface area contributed by atoms with Gasteiger partial charge in [0.2, 0.25) is 0 Å². The molecule has 3 aromatic rings. The molecule has 3 rings (SSSR count). The molecule has 28 heavy (non-hydrogen) atoms. The van der Waals surface area contributed by atoms with Gasteiger partial charge in [0.15, 0.2) is 0 Å². The topological polar surface area (TPSA) is 66.9 Å². The molecular weight excluding hydrogens is 383 g/mol. The molecule has 2 N–H and O–H groups in total. The van der Waals surface area contributed by atoms with E-state index in [0.29, 0.717) is 6.07 Å². The lowest BCUT2D eigenvalue weighted by Gasteiger charge is -2.09. The zero-order chi connectivity index (χ0) is 20.3. The maximum absolute atomic E-state index is 13.6. The minimum atomic E-state index is -4.47. The molecule has 10 heteroatoms. The van der Waals surface area contributed by atoms with Crippen LogP contribution in [0.2, 0.25) is 0 Å². The lowest BCUT2D eigenvalue weighted by Crippen LogP contribution is -2.14. The van der Waals surface area contributed by atoms with Gasteiger partial charge in [0.25, 0.3) is 5.91 Å². The van der Waals surface area contributed by atoms with Crippen molar-refractivity contribution in [2.45, 2.75) is 6.18 Å². The second-order valence-electron chi connectivity index (χ2n) is 5.57. The fraction of sp³-hybridized carbons (Fsp3) is 0.0556. The van der Waals surface area contributed by atoms with Crippen LogP contribution < -0.4 is 10.6 Å². The highest BCUT2D eigenvalue weighted by atomic mass is 19.4. The van der Waals surface area contributed by atoms with Crippen LogP contribution in [0.4, 0.5) is 39.1 Å². The van der Waals surface area contributed by atoms with Gasteiger partial charge >= 0.3 is 6.18 Å². The summed E-state index contributed by atoms with van der Waals surface area (Å²) in [6, 6.07) is 6.84. The molecule has 0 saturated heterocycles. The highest BCUT2D eigenvalue weighted by Crippen LogP contribution is 2.29. The van der Waals surface area contributed by atoms with Crippen molar-refractivity contribution < 1.29 is 26.7 Å². The van der Waals surface area contributed by atoms with Crippen molar-refractivity contribution in [1.29, 1.82) is 0 Å². The Morgan fingerprint density at radius 2 is 1.64 bits per heavy atom. The number of hydrogen-bond acceptors (Lipinski definition) is 4. The summed E-state index contributed by atoms with van der Waals surface area (Å²) in [5.74, 6) is -2.14. The molecule has 0 unspecified atom stereocenters. The zero-order valence-corrected chi connectivity index (χ0v) is 13.9. The summed E-state index contributed by atoms with van der Waals surface area (Å²) in [6.45, 7) is 0. The number of amides is 1. The van der Waals surface area contributed by atoms with E-state index in [1.54, 1.807) is 0 Å². The van der Waals surface area contributed by atoms with Gasteiger partial charge in [0.05, 0.1) is 23.6 Å². The first kappa shape index (κ1) is 19.2. The Bertz CT molecular complexity index is 988. The number of alkyl halides is 3. The monoisotopic (exact) mass is 394 g/mol. The first-order chi connectivity index (χ1) is 13.2. The minimum absolute atomic E-state index is 0.0299. The third kappa shape index (κ3) is 4.58. The molecule has 1 aromatic heterocycles. The Hall–Kier alpha value is -3.56. The number of nitrogens with one attached hydrogen (secondary N) is 2. The van der Waals surface area contributed by atoms with Crippen LogP contribution >= 0.6 is 0 Å². The molecule has 1 amide bonds. The van der Waals surface area contributed by atoms with E-state index < -0.39 is 29.3 Å². The average Bonchev–Trinajstić information content (AvgIpc) is 2.64. The molecule has 144 valence electrons. The number of hydrogen-bond donors (Lipinski definition) is 2. The summed E-state index contributed by atoms with van der Waals surface area (Å²) < 4.78 is 64.1. The normalized spacial score (nSPS) is 11.2. The summed E-state index contributed by atoms with van der Waals surface area (Å²) >= 11 is 0. The van der Waals surface area contributed by atoms with Crippen molar-refractivity contribution in [3.05, 3.63) is 77.8 Å². The molecule has 0 spiro atoms. The largest absolute Gasteiger partial charge is 0.416 e. The highest BCUT2D eigenvalue weighted by Gasteiger charge is 2.30. The Morgan fingerprint density at radius 3 is 2.21 bits per heavy atom. The molecule has 0 fully saturated rings. The van der Waals surface area contributed by atoms with Crippen molar-refractivity contribution in [1.82, 2.24) is 9.97 Å². The molecule has 0 aliphatic heterocycles. The molecule has 0 aliphatic rings. The molecule has 0 radical (unpaired) electrons. The van der Waals surface area contributed by atoms with Gasteiger partial charge in [-0.3, -0.25) is 4.79 Å². The van der Waals surface area contributed by atoms with Crippen molar-refractivity contribution in [3.63, 3.8) is 0 Å². The van der Waals surface area contributed by atoms with Gasteiger partial charge in [-0.25, -0.2) is 18.7 Å². The van der Waals surface area contributed by atoms with Crippen molar-refractivity contribution in [3.8, 4) is 0 Å². The third-order valence-electron chi connectivity index (χ3n) is 3.55. The fourth-order valence-corrected chi connectivity index (χ4v) is 2.18. The van der Waals surface area contributed by atoms with E-state index in [4.69, 9.17) is 0 Å². The van der Waals surface area contributed by atoms with Gasteiger partial charge in [0, 0.05) is 11.8 Å². The Balaban J connectivity index is 1.66. The number of benzene rings is 2. The Kier molecular flexibility index (Phi) is 5.21. The minimum Gasteiger partial charge on any atom is -0.337 e. The van der Waals surface area contributed by atoms with Crippen LogP contribution in [0.3, 0.4) is 0 Å². The lowest BCUT2D eigenvalue weighted by atomic mass is 10.2. The maximum atomic E-state index is 13.6. The van der Waals surface area contributed by atoms with Crippen LogP contribution in [0, 0.1) is 11.6 Å². The van der Waals surface area contributed by atoms with Crippen LogP contribution in [-0.2, 0) is 6.18 Å². The van der Waals surface area contributed by atoms with Crippen LogP contribution in [-0.4, -0.2) is 15.9 Å². The molecule has 1 heterocycles. The second-order valence-corrected chi connectivity index (χ2v) is 5.57. The van der Waals surface area contributed by atoms with E-state index in [9.17, 15) is 26.7 Å². The van der Waals surface area contributed by atoms with Crippen molar-refractivity contribution >= 4 is 23.1 Å². The number of carbonyl (C=O) groups excluding carboxylic acids is 1. The Labute approximate surface area is 155 Å². The van der Waals surface area contributed by atoms with Gasteiger partial charge in [-0.05, 0) is 36.4 Å². The maximum Gasteiger partial charge on any atom is 0.416 e. The van der Waals surface area contributed by atoms with Crippen LogP contribution in [0.15, 0.2) is 54.9 Å². The highest BCUT2D eigenvalue weighted by molar-refractivity contribution is 6.02. The smallest absolute Gasteiger partial charge is 0.337 e. The summed E-state index contributed by atoms with van der Waals surface area (Å²) in [5.41, 5.74) is -0.827. The number of halogens is 5. The number of carbonyl (C=O) groups is 1. The molecule has 2 aromatic carbocycles. The molecule has 0 saturated carbocycles. The van der Waals surface area contributed by atoms with Gasteiger partial charge in [-0.2, -0.15) is 13.2 Å². The van der Waals surface area contributed by atoms with Crippen LogP contribution in [0.1, 0.15) is 16.1 Å². The van der Waals surface area contributed by atoms with Crippen LogP contribution in [0.25, 0.3) is 0 Å². The van der Waals surface area contributed by atoms with Crippen molar-refractivity contribution in [2.24, 2.45) is 0 Å². The van der Waals surface area contributed by atoms with Gasteiger partial charge in [0.1, 0.15) is 23.1 Å². The SMILES string of the molecule is O=C(Nc1ccc(C(F)(F)F)cc1)c1cnc(Nc2ccc(F)cc2F)cn1. The second kappa shape index (κ2) is 7.59. The quantitative estimate of drug-likeness (QED) is 0.626. The van der Waals surface area contributed by atoms with Gasteiger partial charge in [-0.15, -0.1) is 0 Å². The number of rotatable bonds is 4. The third-order valence-corrected chi connectivity index (χ3v) is 3.55. The first-order valence-corrected chi connectivity index (χ1v) is 7.75. The lowest BCUT2D eigenvalue weighted by molar-refractivity contribution is -0.137. The predicted molar refractivity (Wildman–Crippen MR) is 91.1 cm³/mol. The summed E-state index contributed by atoms with van der Waals surface area (Å²) in [7, 11) is 0. The summed E-state index contributed by atoms with van der Waals surface area (Å²) in [6.07, 6.45) is -2.21. The van der Waals surface area contributed by atoms with E-state index in [1.807, 2.05) is 0 Å². The van der Waals surface area contributed by atoms with Crippen molar-refractivity contribution in [2.75, 3.05) is 10.6 Å². The van der Waals surface area contributed by atoms with E-state index in [0.717, 1.165) is 42.7 Å². The van der Waals surface area contributed by atoms with E-state index in [-0.39, 0.29) is 22.9 Å². The van der Waals surface area contributed by atoms with Crippen LogP contribution in [0.5, 0.6) is 0 Å². The Morgan fingerprint density at radius 1 is 0.929 bits per heavy atom.